The van der Waals surface area contributed by atoms with Crippen LogP contribution in [0.5, 0.6) is 0 Å². The van der Waals surface area contributed by atoms with E-state index in [0.29, 0.717) is 17.8 Å². The van der Waals surface area contributed by atoms with Gasteiger partial charge in [-0.2, -0.15) is 0 Å². The van der Waals surface area contributed by atoms with Crippen molar-refractivity contribution in [1.29, 1.82) is 0 Å². The molecule has 0 saturated heterocycles. The van der Waals surface area contributed by atoms with E-state index in [0.717, 1.165) is 18.4 Å². The topological polar surface area (TPSA) is 74.6 Å². The molecule has 2 aromatic rings. The quantitative estimate of drug-likeness (QED) is 0.793. The molecule has 1 aromatic heterocycles. The van der Waals surface area contributed by atoms with E-state index in [1.807, 2.05) is 30.3 Å². The summed E-state index contributed by atoms with van der Waals surface area (Å²) in [5, 5.41) is 0. The molecule has 2 atom stereocenters. The number of ether oxygens (including phenoxy) is 2. The van der Waals surface area contributed by atoms with Crippen LogP contribution in [0.1, 0.15) is 63.8 Å². The van der Waals surface area contributed by atoms with E-state index < -0.39 is 23.6 Å². The third-order valence-electron chi connectivity index (χ3n) is 5.02. The van der Waals surface area contributed by atoms with Crippen LogP contribution < -0.4 is 5.56 Å². The predicted octanol–water partition coefficient (Wildman–Crippen LogP) is 2.81. The van der Waals surface area contributed by atoms with Gasteiger partial charge in [0.2, 0.25) is 0 Å². The first-order valence-corrected chi connectivity index (χ1v) is 8.82. The Morgan fingerprint density at radius 2 is 2.04 bits per heavy atom. The summed E-state index contributed by atoms with van der Waals surface area (Å²) in [5.41, 5.74) is 1.38. The molecule has 0 amide bonds. The minimum atomic E-state index is -0.704. The van der Waals surface area contributed by atoms with E-state index in [1.54, 1.807) is 11.5 Å². The molecule has 6 heteroatoms. The second-order valence-electron chi connectivity index (χ2n) is 6.52. The zero-order valence-electron chi connectivity index (χ0n) is 14.4. The Kier molecular flexibility index (Phi) is 4.11. The van der Waals surface area contributed by atoms with E-state index in [4.69, 9.17) is 9.47 Å². The number of aromatic nitrogens is 1. The summed E-state index contributed by atoms with van der Waals surface area (Å²) in [6, 6.07) is 10.9. The first kappa shape index (κ1) is 16.6. The lowest BCUT2D eigenvalue weighted by molar-refractivity contribution is 0.0119. The van der Waals surface area contributed by atoms with Crippen LogP contribution in [-0.4, -0.2) is 23.1 Å². The average molecular weight is 353 g/mol. The lowest BCUT2D eigenvalue weighted by Crippen LogP contribution is -2.40. The second-order valence-corrected chi connectivity index (χ2v) is 6.52. The Labute approximate surface area is 150 Å². The number of carbonyl (C=O) groups excluding carboxylic acids is 2. The Morgan fingerprint density at radius 1 is 1.27 bits per heavy atom. The van der Waals surface area contributed by atoms with Crippen molar-refractivity contribution in [2.24, 2.45) is 0 Å². The third-order valence-corrected chi connectivity index (χ3v) is 5.02. The Bertz CT molecular complexity index is 931. The average Bonchev–Trinajstić information content (AvgIpc) is 2.66. The molecule has 1 aromatic carbocycles. The summed E-state index contributed by atoms with van der Waals surface area (Å²) >= 11 is 0. The van der Waals surface area contributed by atoms with Crippen molar-refractivity contribution in [2.45, 2.75) is 38.3 Å². The Morgan fingerprint density at radius 3 is 2.77 bits per heavy atom. The van der Waals surface area contributed by atoms with Crippen molar-refractivity contribution in [3.8, 4) is 0 Å². The molecule has 2 aliphatic heterocycles. The van der Waals surface area contributed by atoms with Gasteiger partial charge in [0.05, 0.1) is 12.2 Å². The molecule has 4 rings (SSSR count). The summed E-state index contributed by atoms with van der Waals surface area (Å²) in [6.07, 6.45) is 1.18. The normalized spacial score (nSPS) is 20.9. The minimum absolute atomic E-state index is 0.0946. The number of esters is 2. The second kappa shape index (κ2) is 6.44. The summed E-state index contributed by atoms with van der Waals surface area (Å²) in [4.78, 5) is 37.6. The van der Waals surface area contributed by atoms with Gasteiger partial charge in [0, 0.05) is 18.2 Å². The van der Waals surface area contributed by atoms with Crippen molar-refractivity contribution < 1.29 is 19.1 Å². The highest BCUT2D eigenvalue weighted by atomic mass is 16.5. The van der Waals surface area contributed by atoms with Crippen molar-refractivity contribution in [3.05, 3.63) is 69.1 Å². The molecule has 0 aliphatic carbocycles. The minimum Gasteiger partial charge on any atom is -0.462 e. The molecular formula is C20H19NO5. The highest BCUT2D eigenvalue weighted by molar-refractivity contribution is 5.96. The summed E-state index contributed by atoms with van der Waals surface area (Å²) in [5.74, 6) is -1.31. The molecule has 0 saturated carbocycles. The van der Waals surface area contributed by atoms with E-state index in [2.05, 4.69) is 0 Å². The molecule has 0 bridgehead atoms. The van der Waals surface area contributed by atoms with Gasteiger partial charge in [0.1, 0.15) is 11.7 Å². The number of cyclic esters (lactones) is 1. The molecule has 0 spiro atoms. The SMILES string of the molecule is CCOC(=O)c1cc2c3n(c1=O)CCCC3C(c1ccccc1)OC2=O. The van der Waals surface area contributed by atoms with Crippen LogP contribution in [0.2, 0.25) is 0 Å². The molecule has 3 heterocycles. The van der Waals surface area contributed by atoms with Crippen LogP contribution in [-0.2, 0) is 16.0 Å². The smallest absolute Gasteiger partial charge is 0.343 e. The van der Waals surface area contributed by atoms with Crippen molar-refractivity contribution >= 4 is 11.9 Å². The van der Waals surface area contributed by atoms with E-state index in [9.17, 15) is 14.4 Å². The van der Waals surface area contributed by atoms with Crippen LogP contribution >= 0.6 is 0 Å². The first-order chi connectivity index (χ1) is 12.6. The van der Waals surface area contributed by atoms with Gasteiger partial charge in [-0.25, -0.2) is 9.59 Å². The molecule has 0 radical (unpaired) electrons. The van der Waals surface area contributed by atoms with Gasteiger partial charge < -0.3 is 14.0 Å². The third kappa shape index (κ3) is 2.53. The fraction of sp³-hybridized carbons (Fsp3) is 0.350. The summed E-state index contributed by atoms with van der Waals surface area (Å²) < 4.78 is 12.2. The lowest BCUT2D eigenvalue weighted by Gasteiger charge is -2.38. The number of benzene rings is 1. The van der Waals surface area contributed by atoms with E-state index in [1.165, 1.54) is 6.07 Å². The van der Waals surface area contributed by atoms with Gasteiger partial charge >= 0.3 is 11.9 Å². The lowest BCUT2D eigenvalue weighted by atomic mass is 9.82. The molecule has 6 nitrogen and oxygen atoms in total. The Balaban J connectivity index is 1.88. The maximum absolute atomic E-state index is 12.8. The highest BCUT2D eigenvalue weighted by Crippen LogP contribution is 2.44. The molecule has 134 valence electrons. The molecule has 2 unspecified atom stereocenters. The maximum atomic E-state index is 12.8. The molecule has 2 aliphatic rings. The standard InChI is InChI=1S/C20H19NO5/c1-2-25-19(23)15-11-14-16-13(9-6-10-21(16)18(15)22)17(26-20(14)24)12-7-4-3-5-8-12/h3-5,7-8,11,13,17H,2,6,9-10H2,1H3. The molecular weight excluding hydrogens is 334 g/mol. The zero-order valence-corrected chi connectivity index (χ0v) is 14.4. The highest BCUT2D eigenvalue weighted by Gasteiger charge is 2.41. The zero-order chi connectivity index (χ0) is 18.3. The summed E-state index contributed by atoms with van der Waals surface area (Å²) in [6.45, 7) is 2.32. The molecule has 0 N–H and O–H groups in total. The fourth-order valence-electron chi connectivity index (χ4n) is 3.93. The van der Waals surface area contributed by atoms with Crippen molar-refractivity contribution in [2.75, 3.05) is 6.61 Å². The van der Waals surface area contributed by atoms with Gasteiger partial charge in [0.15, 0.2) is 0 Å². The molecule has 0 fully saturated rings. The number of nitrogens with zero attached hydrogens (tertiary/aromatic N) is 1. The van der Waals surface area contributed by atoms with Crippen LogP contribution in [0, 0.1) is 0 Å². The Hall–Kier alpha value is -2.89. The van der Waals surface area contributed by atoms with Gasteiger partial charge in [-0.1, -0.05) is 30.3 Å². The van der Waals surface area contributed by atoms with Crippen LogP contribution in [0.15, 0.2) is 41.2 Å². The van der Waals surface area contributed by atoms with Crippen LogP contribution in [0.25, 0.3) is 0 Å². The number of pyridine rings is 1. The number of rotatable bonds is 3. The predicted molar refractivity (Wildman–Crippen MR) is 93.2 cm³/mol. The van der Waals surface area contributed by atoms with E-state index >= 15 is 0 Å². The van der Waals surface area contributed by atoms with Crippen molar-refractivity contribution in [1.82, 2.24) is 4.57 Å². The first-order valence-electron chi connectivity index (χ1n) is 8.82. The molecule has 26 heavy (non-hydrogen) atoms. The largest absolute Gasteiger partial charge is 0.462 e. The van der Waals surface area contributed by atoms with E-state index in [-0.39, 0.29) is 18.1 Å². The van der Waals surface area contributed by atoms with Gasteiger partial charge in [-0.05, 0) is 31.4 Å². The number of carbonyl (C=O) groups is 2. The monoisotopic (exact) mass is 353 g/mol. The van der Waals surface area contributed by atoms with Crippen LogP contribution in [0.3, 0.4) is 0 Å². The fourth-order valence-corrected chi connectivity index (χ4v) is 3.93. The van der Waals surface area contributed by atoms with Gasteiger partial charge in [-0.15, -0.1) is 0 Å². The van der Waals surface area contributed by atoms with Gasteiger partial charge in [0.25, 0.3) is 5.56 Å². The van der Waals surface area contributed by atoms with Gasteiger partial charge in [-0.3, -0.25) is 4.79 Å². The number of hydrogen-bond donors (Lipinski definition) is 0. The van der Waals surface area contributed by atoms with Crippen LogP contribution in [0.4, 0.5) is 0 Å². The van der Waals surface area contributed by atoms with Crippen molar-refractivity contribution in [3.63, 3.8) is 0 Å². The summed E-state index contributed by atoms with van der Waals surface area (Å²) in [7, 11) is 0. The maximum Gasteiger partial charge on any atom is 0.343 e. The number of hydrogen-bond acceptors (Lipinski definition) is 5.